The van der Waals surface area contributed by atoms with Gasteiger partial charge in [0.25, 0.3) is 5.69 Å². The Morgan fingerprint density at radius 3 is 2.50 bits per heavy atom. The molecule has 0 aromatic heterocycles. The number of halogens is 1. The summed E-state index contributed by atoms with van der Waals surface area (Å²) in [6.45, 7) is 3.84. The number of nitrogens with zero attached hydrogens (tertiary/aromatic N) is 2. The molecular formula is C12H16ClN3O2S2. The van der Waals surface area contributed by atoms with Crippen LogP contribution in [0, 0.1) is 10.1 Å². The molecule has 1 aliphatic rings. The molecule has 1 fully saturated rings. The average molecular weight is 334 g/mol. The maximum absolute atomic E-state index is 10.6. The fourth-order valence-corrected chi connectivity index (χ4v) is 3.00. The molecule has 1 saturated heterocycles. The molecule has 20 heavy (non-hydrogen) atoms. The molecule has 1 heterocycles. The normalized spacial score (nSPS) is 14.5. The number of piperazine rings is 1. The summed E-state index contributed by atoms with van der Waals surface area (Å²) in [5, 5.41) is 13.8. The van der Waals surface area contributed by atoms with E-state index in [4.69, 9.17) is 12.2 Å². The van der Waals surface area contributed by atoms with E-state index in [0.717, 1.165) is 41.8 Å². The Morgan fingerprint density at radius 1 is 1.35 bits per heavy atom. The van der Waals surface area contributed by atoms with Gasteiger partial charge in [-0.2, -0.15) is 0 Å². The van der Waals surface area contributed by atoms with Crippen LogP contribution in [0.3, 0.4) is 0 Å². The Hall–Kier alpha value is -0.890. The summed E-state index contributed by atoms with van der Waals surface area (Å²) in [4.78, 5) is 12.4. The summed E-state index contributed by atoms with van der Waals surface area (Å²) in [7, 11) is 0. The van der Waals surface area contributed by atoms with E-state index < -0.39 is 0 Å². The van der Waals surface area contributed by atoms with Crippen LogP contribution >= 0.6 is 36.4 Å². The van der Waals surface area contributed by atoms with Crippen LogP contribution in [-0.4, -0.2) is 40.3 Å². The number of nitrogens with one attached hydrogen (secondary N) is 1. The molecule has 0 bridgehead atoms. The minimum absolute atomic E-state index is 0. The van der Waals surface area contributed by atoms with Gasteiger partial charge in [0, 0.05) is 44.1 Å². The van der Waals surface area contributed by atoms with Gasteiger partial charge < -0.3 is 10.2 Å². The highest BCUT2D eigenvalue weighted by Gasteiger charge is 2.13. The Kier molecular flexibility index (Phi) is 7.22. The van der Waals surface area contributed by atoms with Crippen LogP contribution < -0.4 is 5.32 Å². The predicted octanol–water partition coefficient (Wildman–Crippen LogP) is 2.44. The van der Waals surface area contributed by atoms with Crippen molar-refractivity contribution in [3.05, 3.63) is 39.9 Å². The average Bonchev–Trinajstić information content (AvgIpc) is 2.46. The number of hydrogen-bond donors (Lipinski definition) is 1. The first-order valence-electron chi connectivity index (χ1n) is 6.02. The quantitative estimate of drug-likeness (QED) is 0.521. The molecule has 1 N–H and O–H groups in total. The van der Waals surface area contributed by atoms with Crippen LogP contribution in [0.1, 0.15) is 5.56 Å². The van der Waals surface area contributed by atoms with Crippen LogP contribution in [-0.2, 0) is 5.75 Å². The molecule has 0 spiro atoms. The lowest BCUT2D eigenvalue weighted by Gasteiger charge is -2.29. The van der Waals surface area contributed by atoms with E-state index >= 15 is 0 Å². The highest BCUT2D eigenvalue weighted by atomic mass is 35.5. The highest BCUT2D eigenvalue weighted by Crippen LogP contribution is 2.19. The first kappa shape index (κ1) is 17.2. The fraction of sp³-hybridized carbons (Fsp3) is 0.417. The van der Waals surface area contributed by atoms with E-state index in [0.29, 0.717) is 0 Å². The number of rotatable bonds is 3. The second-order valence-electron chi connectivity index (χ2n) is 4.22. The Balaban J connectivity index is 0.00000200. The first-order valence-corrected chi connectivity index (χ1v) is 7.42. The lowest BCUT2D eigenvalue weighted by molar-refractivity contribution is -0.384. The van der Waals surface area contributed by atoms with E-state index in [-0.39, 0.29) is 23.0 Å². The van der Waals surface area contributed by atoms with Gasteiger partial charge in [0.2, 0.25) is 0 Å². The van der Waals surface area contributed by atoms with E-state index in [1.54, 1.807) is 23.9 Å². The molecule has 0 saturated carbocycles. The summed E-state index contributed by atoms with van der Waals surface area (Å²) < 4.78 is 0.903. The molecular weight excluding hydrogens is 318 g/mol. The maximum Gasteiger partial charge on any atom is 0.269 e. The van der Waals surface area contributed by atoms with Gasteiger partial charge in [-0.3, -0.25) is 10.1 Å². The van der Waals surface area contributed by atoms with E-state index in [9.17, 15) is 10.1 Å². The van der Waals surface area contributed by atoms with Gasteiger partial charge in [-0.1, -0.05) is 36.1 Å². The van der Waals surface area contributed by atoms with Gasteiger partial charge in [0.05, 0.1) is 4.92 Å². The van der Waals surface area contributed by atoms with Gasteiger partial charge in [-0.05, 0) is 5.56 Å². The van der Waals surface area contributed by atoms with Gasteiger partial charge in [0.1, 0.15) is 4.32 Å². The molecule has 1 aromatic carbocycles. The topological polar surface area (TPSA) is 58.4 Å². The van der Waals surface area contributed by atoms with Crippen LogP contribution in [0.25, 0.3) is 0 Å². The van der Waals surface area contributed by atoms with Gasteiger partial charge in [-0.15, -0.1) is 12.4 Å². The first-order chi connectivity index (χ1) is 9.16. The van der Waals surface area contributed by atoms with Crippen LogP contribution in [0.5, 0.6) is 0 Å². The van der Waals surface area contributed by atoms with Crippen molar-refractivity contribution in [3.63, 3.8) is 0 Å². The molecule has 1 aromatic rings. The molecule has 0 aliphatic carbocycles. The lowest BCUT2D eigenvalue weighted by atomic mass is 10.2. The minimum atomic E-state index is -0.387. The molecule has 2 rings (SSSR count). The molecule has 1 aliphatic heterocycles. The zero-order chi connectivity index (χ0) is 13.7. The smallest absolute Gasteiger partial charge is 0.269 e. The zero-order valence-electron chi connectivity index (χ0n) is 10.8. The molecule has 0 unspecified atom stereocenters. The van der Waals surface area contributed by atoms with E-state index in [2.05, 4.69) is 10.2 Å². The number of nitro benzene ring substituents is 1. The van der Waals surface area contributed by atoms with Crippen molar-refractivity contribution in [1.82, 2.24) is 10.2 Å². The second kappa shape index (κ2) is 8.41. The molecule has 5 nitrogen and oxygen atoms in total. The molecule has 0 radical (unpaired) electrons. The number of nitro groups is 1. The van der Waals surface area contributed by atoms with Crippen LogP contribution in [0.15, 0.2) is 24.3 Å². The van der Waals surface area contributed by atoms with Crippen molar-refractivity contribution < 1.29 is 4.92 Å². The molecule has 110 valence electrons. The Morgan fingerprint density at radius 2 is 1.95 bits per heavy atom. The third-order valence-electron chi connectivity index (χ3n) is 2.88. The fourth-order valence-electron chi connectivity index (χ4n) is 1.80. The third kappa shape index (κ3) is 4.90. The molecule has 0 atom stereocenters. The number of thiocarbonyl (C=S) groups is 1. The summed E-state index contributed by atoms with van der Waals surface area (Å²) in [6.07, 6.45) is 0. The van der Waals surface area contributed by atoms with Crippen molar-refractivity contribution in [3.8, 4) is 0 Å². The maximum atomic E-state index is 10.6. The second-order valence-corrected chi connectivity index (χ2v) is 5.82. The Bertz CT molecular complexity index is 464. The minimum Gasteiger partial charge on any atom is -0.355 e. The number of benzene rings is 1. The number of thioether (sulfide) groups is 1. The van der Waals surface area contributed by atoms with Crippen molar-refractivity contribution in [2.45, 2.75) is 5.75 Å². The van der Waals surface area contributed by atoms with Crippen LogP contribution in [0.2, 0.25) is 0 Å². The SMILES string of the molecule is Cl.O=[N+]([O-])c1ccc(CSC(=S)N2CCNCC2)cc1. The highest BCUT2D eigenvalue weighted by molar-refractivity contribution is 8.22. The summed E-state index contributed by atoms with van der Waals surface area (Å²) in [6, 6.07) is 6.63. The Labute approximate surface area is 133 Å². The number of hydrogen-bond acceptors (Lipinski definition) is 5. The zero-order valence-corrected chi connectivity index (χ0v) is 13.2. The lowest BCUT2D eigenvalue weighted by Crippen LogP contribution is -2.44. The van der Waals surface area contributed by atoms with Crippen molar-refractivity contribution in [2.75, 3.05) is 26.2 Å². The van der Waals surface area contributed by atoms with Gasteiger partial charge >= 0.3 is 0 Å². The third-order valence-corrected chi connectivity index (χ3v) is 4.48. The summed E-state index contributed by atoms with van der Waals surface area (Å²) >= 11 is 7.00. The van der Waals surface area contributed by atoms with Crippen molar-refractivity contribution in [2.24, 2.45) is 0 Å². The van der Waals surface area contributed by atoms with Gasteiger partial charge in [-0.25, -0.2) is 0 Å². The molecule has 0 amide bonds. The standard InChI is InChI=1S/C12H15N3O2S2.ClH/c16-15(17)11-3-1-10(2-4-11)9-19-12(18)14-7-5-13-6-8-14;/h1-4,13H,5-9H2;1H. The number of non-ortho nitro benzene ring substituents is 1. The van der Waals surface area contributed by atoms with E-state index in [1.807, 2.05) is 0 Å². The largest absolute Gasteiger partial charge is 0.355 e. The predicted molar refractivity (Wildman–Crippen MR) is 88.7 cm³/mol. The summed E-state index contributed by atoms with van der Waals surface area (Å²) in [5.41, 5.74) is 1.17. The van der Waals surface area contributed by atoms with E-state index in [1.165, 1.54) is 12.1 Å². The molecule has 8 heteroatoms. The van der Waals surface area contributed by atoms with Crippen molar-refractivity contribution in [1.29, 1.82) is 0 Å². The van der Waals surface area contributed by atoms with Crippen LogP contribution in [0.4, 0.5) is 5.69 Å². The summed E-state index contributed by atoms with van der Waals surface area (Å²) in [5.74, 6) is 0.751. The van der Waals surface area contributed by atoms with Gasteiger partial charge in [0.15, 0.2) is 0 Å². The monoisotopic (exact) mass is 333 g/mol. The van der Waals surface area contributed by atoms with Crippen molar-refractivity contribution >= 4 is 46.4 Å².